The van der Waals surface area contributed by atoms with Crippen LogP contribution in [0.4, 0.5) is 5.69 Å². The summed E-state index contributed by atoms with van der Waals surface area (Å²) in [6, 6.07) is 6.87. The number of hydrogen-bond donors (Lipinski definition) is 0. The number of nitriles is 2. The van der Waals surface area contributed by atoms with E-state index in [0.29, 0.717) is 5.56 Å². The third-order valence-corrected chi connectivity index (χ3v) is 2.08. The number of ketones is 1. The topological polar surface area (TPSA) is 108 Å². The van der Waals surface area contributed by atoms with Crippen LogP contribution in [0, 0.1) is 45.6 Å². The van der Waals surface area contributed by atoms with Crippen LogP contribution >= 0.6 is 0 Å². The maximum Gasteiger partial charge on any atom is 0.270 e. The lowest BCUT2D eigenvalue weighted by Gasteiger charge is -2.02. The molecular weight excluding hydrogens is 222 g/mol. The van der Waals surface area contributed by atoms with Crippen molar-refractivity contribution in [1.29, 1.82) is 10.5 Å². The van der Waals surface area contributed by atoms with Gasteiger partial charge in [-0.3, -0.25) is 14.9 Å². The zero-order valence-corrected chi connectivity index (χ0v) is 8.88. The van der Waals surface area contributed by atoms with Crippen molar-refractivity contribution in [2.75, 3.05) is 0 Å². The number of rotatable bonds is 3. The lowest BCUT2D eigenvalue weighted by atomic mass is 9.98. The van der Waals surface area contributed by atoms with Crippen molar-refractivity contribution >= 4 is 11.5 Å². The monoisotopic (exact) mass is 229 g/mol. The molecule has 0 aliphatic rings. The molecule has 1 aromatic carbocycles. The number of nitrogens with zero attached hydrogens (tertiary/aromatic N) is 3. The van der Waals surface area contributed by atoms with Gasteiger partial charge in [-0.05, 0) is 18.6 Å². The minimum Gasteiger partial charge on any atom is -0.291 e. The van der Waals surface area contributed by atoms with E-state index in [9.17, 15) is 14.9 Å². The molecule has 0 heterocycles. The van der Waals surface area contributed by atoms with Crippen LogP contribution in [0.2, 0.25) is 0 Å². The molecular formula is C11H7N3O3. The highest BCUT2D eigenvalue weighted by Gasteiger charge is 2.21. The largest absolute Gasteiger partial charge is 0.291 e. The quantitative estimate of drug-likeness (QED) is 0.445. The van der Waals surface area contributed by atoms with Gasteiger partial charge in [0.1, 0.15) is 0 Å². The summed E-state index contributed by atoms with van der Waals surface area (Å²) in [5, 5.41) is 27.8. The van der Waals surface area contributed by atoms with Crippen LogP contribution < -0.4 is 0 Å². The Bertz CT molecular complexity index is 552. The summed E-state index contributed by atoms with van der Waals surface area (Å²) in [4.78, 5) is 21.6. The van der Waals surface area contributed by atoms with E-state index in [0.717, 1.165) is 6.07 Å². The van der Waals surface area contributed by atoms with Crippen LogP contribution in [0.25, 0.3) is 0 Å². The molecule has 0 bridgehead atoms. The molecule has 0 aliphatic heterocycles. The molecule has 0 atom stereocenters. The molecule has 0 N–H and O–H groups in total. The summed E-state index contributed by atoms with van der Waals surface area (Å²) >= 11 is 0. The second-order valence-electron chi connectivity index (χ2n) is 3.37. The summed E-state index contributed by atoms with van der Waals surface area (Å²) in [6.07, 6.45) is 0. The van der Waals surface area contributed by atoms with Gasteiger partial charge in [0.15, 0.2) is 11.7 Å². The van der Waals surface area contributed by atoms with Crippen molar-refractivity contribution in [1.82, 2.24) is 0 Å². The SMILES string of the molecule is Cc1cc(C(=O)C(C#N)C#N)cc([N+](=O)[O-])c1. The predicted octanol–water partition coefficient (Wildman–Crippen LogP) is 1.75. The number of non-ortho nitro benzene ring substituents is 1. The standard InChI is InChI=1S/C11H7N3O3/c1-7-2-8(4-10(3-7)14(16)17)11(15)9(5-12)6-13/h2-4,9H,1H3. The first-order chi connectivity index (χ1) is 7.99. The van der Waals surface area contributed by atoms with Crippen molar-refractivity contribution < 1.29 is 9.72 Å². The van der Waals surface area contributed by atoms with Crippen molar-refractivity contribution in [2.45, 2.75) is 6.92 Å². The lowest BCUT2D eigenvalue weighted by Crippen LogP contribution is -2.11. The van der Waals surface area contributed by atoms with Gasteiger partial charge in [0.2, 0.25) is 0 Å². The molecule has 0 radical (unpaired) electrons. The zero-order valence-electron chi connectivity index (χ0n) is 8.88. The van der Waals surface area contributed by atoms with Crippen LogP contribution in [0.1, 0.15) is 15.9 Å². The van der Waals surface area contributed by atoms with Gasteiger partial charge in [-0.25, -0.2) is 0 Å². The Labute approximate surface area is 96.9 Å². The number of carbonyl (C=O) groups is 1. The van der Waals surface area contributed by atoms with Gasteiger partial charge in [0, 0.05) is 17.7 Å². The molecule has 84 valence electrons. The average Bonchev–Trinajstić information content (AvgIpc) is 2.29. The Kier molecular flexibility index (Phi) is 3.53. The van der Waals surface area contributed by atoms with E-state index in [1.807, 2.05) is 0 Å². The summed E-state index contributed by atoms with van der Waals surface area (Å²) in [6.45, 7) is 1.59. The number of aryl methyl sites for hydroxylation is 1. The van der Waals surface area contributed by atoms with E-state index < -0.39 is 16.6 Å². The first-order valence-electron chi connectivity index (χ1n) is 4.59. The third kappa shape index (κ3) is 2.64. The molecule has 17 heavy (non-hydrogen) atoms. The molecule has 0 aliphatic carbocycles. The fourth-order valence-electron chi connectivity index (χ4n) is 1.32. The molecule has 0 unspecified atom stereocenters. The van der Waals surface area contributed by atoms with Gasteiger partial charge in [-0.1, -0.05) is 0 Å². The van der Waals surface area contributed by atoms with Crippen molar-refractivity contribution in [2.24, 2.45) is 5.92 Å². The number of hydrogen-bond acceptors (Lipinski definition) is 5. The summed E-state index contributed by atoms with van der Waals surface area (Å²) < 4.78 is 0. The van der Waals surface area contributed by atoms with E-state index in [-0.39, 0.29) is 11.3 Å². The first-order valence-corrected chi connectivity index (χ1v) is 4.59. The third-order valence-electron chi connectivity index (χ3n) is 2.08. The molecule has 6 nitrogen and oxygen atoms in total. The highest BCUT2D eigenvalue weighted by molar-refractivity contribution is 6.01. The molecule has 0 saturated heterocycles. The highest BCUT2D eigenvalue weighted by Crippen LogP contribution is 2.19. The van der Waals surface area contributed by atoms with Crippen LogP contribution in [-0.4, -0.2) is 10.7 Å². The van der Waals surface area contributed by atoms with Gasteiger partial charge in [-0.15, -0.1) is 0 Å². The van der Waals surface area contributed by atoms with Gasteiger partial charge in [0.05, 0.1) is 17.1 Å². The second-order valence-corrected chi connectivity index (χ2v) is 3.37. The van der Waals surface area contributed by atoms with Gasteiger partial charge in [-0.2, -0.15) is 10.5 Å². The molecule has 1 aromatic rings. The van der Waals surface area contributed by atoms with E-state index in [1.54, 1.807) is 6.92 Å². The molecule has 1 rings (SSSR count). The lowest BCUT2D eigenvalue weighted by molar-refractivity contribution is -0.384. The second kappa shape index (κ2) is 4.86. The van der Waals surface area contributed by atoms with E-state index >= 15 is 0 Å². The maximum absolute atomic E-state index is 11.7. The molecule has 0 saturated carbocycles. The first kappa shape index (κ1) is 12.3. The van der Waals surface area contributed by atoms with Crippen molar-refractivity contribution in [3.63, 3.8) is 0 Å². The summed E-state index contributed by atoms with van der Waals surface area (Å²) in [5.41, 5.74) is 0.296. The van der Waals surface area contributed by atoms with E-state index in [4.69, 9.17) is 10.5 Å². The Morgan fingerprint density at radius 2 is 1.94 bits per heavy atom. The minimum atomic E-state index is -1.43. The number of benzene rings is 1. The minimum absolute atomic E-state index is 0.00444. The number of carbonyl (C=O) groups excluding carboxylic acids is 1. The van der Waals surface area contributed by atoms with Gasteiger partial charge in [0.25, 0.3) is 5.69 Å². The van der Waals surface area contributed by atoms with Gasteiger partial charge < -0.3 is 0 Å². The number of nitro groups is 1. The summed E-state index contributed by atoms with van der Waals surface area (Å²) in [7, 11) is 0. The normalized spacial score (nSPS) is 9.41. The highest BCUT2D eigenvalue weighted by atomic mass is 16.6. The smallest absolute Gasteiger partial charge is 0.270 e. The molecule has 0 aromatic heterocycles. The van der Waals surface area contributed by atoms with Crippen LogP contribution in [0.15, 0.2) is 18.2 Å². The predicted molar refractivity (Wildman–Crippen MR) is 56.9 cm³/mol. The Hall–Kier alpha value is -2.73. The van der Waals surface area contributed by atoms with E-state index in [1.165, 1.54) is 24.3 Å². The fourth-order valence-corrected chi connectivity index (χ4v) is 1.32. The zero-order chi connectivity index (χ0) is 13.0. The Morgan fingerprint density at radius 1 is 1.35 bits per heavy atom. The molecule has 0 spiro atoms. The average molecular weight is 229 g/mol. The van der Waals surface area contributed by atoms with Crippen LogP contribution in [-0.2, 0) is 0 Å². The molecule has 6 heteroatoms. The number of nitro benzene ring substituents is 1. The van der Waals surface area contributed by atoms with Crippen molar-refractivity contribution in [3.05, 3.63) is 39.4 Å². The summed E-state index contributed by atoms with van der Waals surface area (Å²) in [5.74, 6) is -2.15. The Morgan fingerprint density at radius 3 is 2.41 bits per heavy atom. The van der Waals surface area contributed by atoms with E-state index in [2.05, 4.69) is 0 Å². The van der Waals surface area contributed by atoms with Crippen LogP contribution in [0.5, 0.6) is 0 Å². The molecule has 0 fully saturated rings. The maximum atomic E-state index is 11.7. The van der Waals surface area contributed by atoms with Crippen LogP contribution in [0.3, 0.4) is 0 Å². The Balaban J connectivity index is 3.25. The van der Waals surface area contributed by atoms with Crippen molar-refractivity contribution in [3.8, 4) is 12.1 Å². The molecule has 0 amide bonds. The number of Topliss-reactive ketones (excluding diaryl/α,β-unsaturated/α-hetero) is 1. The van der Waals surface area contributed by atoms with Gasteiger partial charge >= 0.3 is 0 Å². The fraction of sp³-hybridized carbons (Fsp3) is 0.182.